The molecule has 0 aromatic heterocycles. The molecule has 0 aromatic rings. The first-order chi connectivity index (χ1) is 3.06. The van der Waals surface area contributed by atoms with Gasteiger partial charge in [-0.2, -0.15) is 12.6 Å². The van der Waals surface area contributed by atoms with Gasteiger partial charge in [0.15, 0.2) is 0 Å². The second kappa shape index (κ2) is 2.41. The molecular weight excluding hydrogens is 104 g/mol. The average molecular weight is 116 g/mol. The lowest BCUT2D eigenvalue weighted by Gasteiger charge is -1.98. The maximum absolute atomic E-state index is 4.03. The van der Waals surface area contributed by atoms with Crippen molar-refractivity contribution in [3.05, 3.63) is 13.8 Å². The Morgan fingerprint density at radius 3 is 2.00 bits per heavy atom. The molecule has 0 unspecified atom stereocenters. The summed E-state index contributed by atoms with van der Waals surface area (Å²) in [5, 5.41) is 0. The molecule has 0 spiro atoms. The van der Waals surface area contributed by atoms with Gasteiger partial charge in [0, 0.05) is 13.3 Å². The van der Waals surface area contributed by atoms with E-state index < -0.39 is 0 Å². The highest BCUT2D eigenvalue weighted by molar-refractivity contribution is 7.80. The van der Waals surface area contributed by atoms with Gasteiger partial charge in [0.1, 0.15) is 13.8 Å². The molecule has 0 fully saturated rings. The molecule has 0 heterocycles. The molecular formula is C6H12S+2. The minimum absolute atomic E-state index is 0.0260. The predicted octanol–water partition coefficient (Wildman–Crippen LogP) is 1.98. The van der Waals surface area contributed by atoms with E-state index in [0.717, 1.165) is 12.2 Å². The third-order valence-electron chi connectivity index (χ3n) is 0.715. The molecule has 0 N–H and O–H groups in total. The molecule has 0 rings (SSSR count). The minimum atomic E-state index is -0.0260. The standard InChI is InChI=1S/C6H11S/c1-6(2,3)4-5-7/h1-2,4-5H2,3H3/q+1/p+1. The maximum atomic E-state index is 4.03. The largest absolute Gasteiger partial charge is 0.228 e. The lowest BCUT2D eigenvalue weighted by atomic mass is 9.94. The predicted molar refractivity (Wildman–Crippen MR) is 37.3 cm³/mol. The van der Waals surface area contributed by atoms with Crippen LogP contribution in [0.2, 0.25) is 0 Å². The van der Waals surface area contributed by atoms with Crippen molar-refractivity contribution < 1.29 is 0 Å². The molecule has 0 saturated heterocycles. The first-order valence-corrected chi connectivity index (χ1v) is 3.01. The van der Waals surface area contributed by atoms with E-state index in [2.05, 4.69) is 26.5 Å². The number of thiol groups is 1. The molecule has 7 heavy (non-hydrogen) atoms. The van der Waals surface area contributed by atoms with Gasteiger partial charge in [-0.05, 0) is 5.75 Å². The van der Waals surface area contributed by atoms with E-state index in [-0.39, 0.29) is 5.41 Å². The SMILES string of the molecule is [CH2+]C([CH2+])(C)CCS. The van der Waals surface area contributed by atoms with Crippen LogP contribution in [-0.2, 0) is 0 Å². The van der Waals surface area contributed by atoms with Crippen molar-refractivity contribution in [3.8, 4) is 0 Å². The zero-order chi connectivity index (χ0) is 5.91. The third kappa shape index (κ3) is 6.09. The van der Waals surface area contributed by atoms with Gasteiger partial charge in [-0.15, -0.1) is 0 Å². The molecule has 0 aliphatic rings. The number of hydrogen-bond donors (Lipinski definition) is 1. The first kappa shape index (κ1) is 7.09. The first-order valence-electron chi connectivity index (χ1n) is 2.38. The highest BCUT2D eigenvalue weighted by Crippen LogP contribution is 2.16. The molecule has 0 nitrogen and oxygen atoms in total. The van der Waals surface area contributed by atoms with E-state index in [4.69, 9.17) is 0 Å². The van der Waals surface area contributed by atoms with E-state index in [1.165, 1.54) is 0 Å². The van der Waals surface area contributed by atoms with Crippen LogP contribution < -0.4 is 0 Å². The van der Waals surface area contributed by atoms with Crippen LogP contribution in [0.15, 0.2) is 0 Å². The Labute approximate surface area is 51.7 Å². The lowest BCUT2D eigenvalue weighted by Crippen LogP contribution is -2.05. The molecule has 0 radical (unpaired) electrons. The summed E-state index contributed by atoms with van der Waals surface area (Å²) >= 11 is 4.03. The number of hydrogen-bond acceptors (Lipinski definition) is 1. The van der Waals surface area contributed by atoms with Crippen LogP contribution in [0.3, 0.4) is 0 Å². The molecule has 0 saturated carbocycles. The van der Waals surface area contributed by atoms with Gasteiger partial charge in [0.2, 0.25) is 5.41 Å². The fourth-order valence-corrected chi connectivity index (χ4v) is 0.810. The quantitative estimate of drug-likeness (QED) is 0.414. The van der Waals surface area contributed by atoms with Crippen molar-refractivity contribution in [2.45, 2.75) is 13.3 Å². The summed E-state index contributed by atoms with van der Waals surface area (Å²) in [6.45, 7) is 9.60. The normalized spacial score (nSPS) is 11.7. The van der Waals surface area contributed by atoms with E-state index in [9.17, 15) is 0 Å². The zero-order valence-corrected chi connectivity index (χ0v) is 5.67. The van der Waals surface area contributed by atoms with Gasteiger partial charge in [-0.25, -0.2) is 0 Å². The van der Waals surface area contributed by atoms with Crippen LogP contribution in [0.25, 0.3) is 0 Å². The molecule has 0 atom stereocenters. The summed E-state index contributed by atoms with van der Waals surface area (Å²) in [5.74, 6) is 0.878. The molecule has 0 aliphatic heterocycles. The van der Waals surface area contributed by atoms with Gasteiger partial charge >= 0.3 is 0 Å². The van der Waals surface area contributed by atoms with Crippen molar-refractivity contribution >= 4 is 12.6 Å². The summed E-state index contributed by atoms with van der Waals surface area (Å²) in [6.07, 6.45) is 0.982. The van der Waals surface area contributed by atoms with Crippen LogP contribution in [0.4, 0.5) is 0 Å². The smallest absolute Gasteiger partial charge is 0.179 e. The minimum Gasteiger partial charge on any atom is -0.179 e. The topological polar surface area (TPSA) is 0 Å². The van der Waals surface area contributed by atoms with Crippen molar-refractivity contribution in [2.75, 3.05) is 5.75 Å². The van der Waals surface area contributed by atoms with Crippen molar-refractivity contribution in [1.29, 1.82) is 0 Å². The lowest BCUT2D eigenvalue weighted by molar-refractivity contribution is 0.526. The molecule has 0 bridgehead atoms. The van der Waals surface area contributed by atoms with E-state index >= 15 is 0 Å². The highest BCUT2D eigenvalue weighted by atomic mass is 32.1. The summed E-state index contributed by atoms with van der Waals surface area (Å²) < 4.78 is 0. The van der Waals surface area contributed by atoms with Crippen molar-refractivity contribution in [3.63, 3.8) is 0 Å². The fraction of sp³-hybridized carbons (Fsp3) is 0.667. The van der Waals surface area contributed by atoms with Gasteiger partial charge in [-0.1, -0.05) is 0 Å². The Morgan fingerprint density at radius 2 is 2.00 bits per heavy atom. The fourth-order valence-electron chi connectivity index (χ4n) is 0.270. The molecule has 0 aromatic carbocycles. The molecule has 1 heteroatoms. The van der Waals surface area contributed by atoms with Crippen LogP contribution in [-0.4, -0.2) is 5.75 Å². The van der Waals surface area contributed by atoms with Gasteiger partial charge in [-0.3, -0.25) is 0 Å². The van der Waals surface area contributed by atoms with Crippen molar-refractivity contribution in [1.82, 2.24) is 0 Å². The summed E-state index contributed by atoms with van der Waals surface area (Å²) in [7, 11) is 0. The third-order valence-corrected chi connectivity index (χ3v) is 0.939. The Balaban J connectivity index is 3.15. The summed E-state index contributed by atoms with van der Waals surface area (Å²) in [4.78, 5) is 0. The van der Waals surface area contributed by atoms with Crippen molar-refractivity contribution in [2.24, 2.45) is 5.41 Å². The summed E-state index contributed by atoms with van der Waals surface area (Å²) in [5.41, 5.74) is -0.0260. The van der Waals surface area contributed by atoms with E-state index in [1.807, 2.05) is 6.92 Å². The Hall–Kier alpha value is 0.0900. The summed E-state index contributed by atoms with van der Waals surface area (Å²) in [6, 6.07) is 0. The Kier molecular flexibility index (Phi) is 2.44. The second-order valence-corrected chi connectivity index (χ2v) is 2.73. The zero-order valence-electron chi connectivity index (χ0n) is 4.78. The maximum Gasteiger partial charge on any atom is 0.228 e. The van der Waals surface area contributed by atoms with Crippen LogP contribution >= 0.6 is 12.6 Å². The Bertz CT molecular complexity index is 42.6. The van der Waals surface area contributed by atoms with E-state index in [0.29, 0.717) is 0 Å². The Morgan fingerprint density at radius 1 is 1.57 bits per heavy atom. The van der Waals surface area contributed by atoms with E-state index in [1.54, 1.807) is 0 Å². The monoisotopic (exact) mass is 116 g/mol. The molecule has 0 amide bonds. The van der Waals surface area contributed by atoms with Crippen LogP contribution in [0.1, 0.15) is 13.3 Å². The van der Waals surface area contributed by atoms with Gasteiger partial charge < -0.3 is 0 Å². The average Bonchev–Trinajstić information content (AvgIpc) is 1.30. The van der Waals surface area contributed by atoms with Crippen LogP contribution in [0, 0.1) is 19.3 Å². The number of rotatable bonds is 2. The van der Waals surface area contributed by atoms with Gasteiger partial charge in [0.25, 0.3) is 0 Å². The molecule has 0 aliphatic carbocycles. The van der Waals surface area contributed by atoms with Crippen LogP contribution in [0.5, 0.6) is 0 Å². The highest BCUT2D eigenvalue weighted by Gasteiger charge is 2.24. The molecule has 40 valence electrons. The van der Waals surface area contributed by atoms with Gasteiger partial charge in [0.05, 0.1) is 0 Å². The second-order valence-electron chi connectivity index (χ2n) is 2.28.